The van der Waals surface area contributed by atoms with Crippen LogP contribution in [0.1, 0.15) is 24.0 Å². The summed E-state index contributed by atoms with van der Waals surface area (Å²) in [5.41, 5.74) is 8.32. The minimum Gasteiger partial charge on any atom is -0.496 e. The molecular formula is C39H48N2O2SSi2. The van der Waals surface area contributed by atoms with Crippen LogP contribution in [0.3, 0.4) is 0 Å². The molecule has 1 aromatic heterocycles. The zero-order valence-corrected chi connectivity index (χ0v) is 31.3. The monoisotopic (exact) mass is 664 g/mol. The Morgan fingerprint density at radius 1 is 0.783 bits per heavy atom. The van der Waals surface area contributed by atoms with Gasteiger partial charge in [-0.3, -0.25) is 4.90 Å². The molecule has 5 aromatic rings. The van der Waals surface area contributed by atoms with Crippen LogP contribution in [0.2, 0.25) is 39.3 Å². The first kappa shape index (κ1) is 32.6. The van der Waals surface area contributed by atoms with Crippen LogP contribution in [0.25, 0.3) is 32.3 Å². The Hall–Kier alpha value is -3.37. The van der Waals surface area contributed by atoms with Crippen molar-refractivity contribution in [3.63, 3.8) is 0 Å². The van der Waals surface area contributed by atoms with Crippen molar-refractivity contribution >= 4 is 43.6 Å². The average molecular weight is 665 g/mol. The van der Waals surface area contributed by atoms with E-state index in [9.17, 15) is 0 Å². The van der Waals surface area contributed by atoms with Crippen LogP contribution < -0.4 is 13.7 Å². The second-order valence-electron chi connectivity index (χ2n) is 14.4. The van der Waals surface area contributed by atoms with E-state index >= 15 is 0 Å². The molecule has 1 aliphatic heterocycles. The fourth-order valence-electron chi connectivity index (χ4n) is 7.34. The van der Waals surface area contributed by atoms with E-state index in [2.05, 4.69) is 139 Å². The normalized spacial score (nSPS) is 14.2. The van der Waals surface area contributed by atoms with E-state index in [4.69, 9.17) is 9.47 Å². The highest BCUT2D eigenvalue weighted by Gasteiger charge is 2.34. The van der Waals surface area contributed by atoms with Crippen LogP contribution in [0.4, 0.5) is 5.69 Å². The number of ether oxygens (including phenoxy) is 2. The third-order valence-corrected chi connectivity index (χ3v) is 17.1. The molecule has 46 heavy (non-hydrogen) atoms. The molecule has 6 rings (SSSR count). The van der Waals surface area contributed by atoms with Crippen LogP contribution in [-0.4, -0.2) is 41.6 Å². The van der Waals surface area contributed by atoms with Gasteiger partial charge in [-0.1, -0.05) is 99.9 Å². The Morgan fingerprint density at radius 2 is 1.43 bits per heavy atom. The van der Waals surface area contributed by atoms with E-state index in [1.54, 1.807) is 11.3 Å². The summed E-state index contributed by atoms with van der Waals surface area (Å²) < 4.78 is 17.3. The molecule has 1 fully saturated rings. The summed E-state index contributed by atoms with van der Waals surface area (Å²) >= 11 is 1.80. The number of anilines is 1. The van der Waals surface area contributed by atoms with Gasteiger partial charge < -0.3 is 13.7 Å². The standard InChI is InChI=1S/C39H48N2O2SSi2/c1-42-39-33(30-19-21-31(22-20-30)41(45(2,3)4)46(5,6)7)25-36(43-27-29-15-9-8-10-16-29)38(34(39)26-40-23-13-14-24-40)35-28-44-37-18-12-11-17-32(35)37/h8-12,15-22,25,28H,13-14,23-24,26-27H2,1-7H3. The Bertz CT molecular complexity index is 1770. The molecule has 2 heterocycles. The van der Waals surface area contributed by atoms with Crippen LogP contribution in [0, 0.1) is 0 Å². The summed E-state index contributed by atoms with van der Waals surface area (Å²) in [7, 11) is -1.32. The van der Waals surface area contributed by atoms with Gasteiger partial charge in [0.2, 0.25) is 0 Å². The van der Waals surface area contributed by atoms with Crippen LogP contribution in [0.5, 0.6) is 11.5 Å². The zero-order chi connectivity index (χ0) is 32.5. The molecule has 7 heteroatoms. The second-order valence-corrected chi connectivity index (χ2v) is 25.4. The molecule has 0 radical (unpaired) electrons. The Morgan fingerprint density at radius 3 is 2.09 bits per heavy atom. The number of nitrogens with zero attached hydrogens (tertiary/aromatic N) is 2. The lowest BCUT2D eigenvalue weighted by Gasteiger charge is -2.46. The lowest BCUT2D eigenvalue weighted by Crippen LogP contribution is -2.59. The first-order valence-electron chi connectivity index (χ1n) is 16.5. The van der Waals surface area contributed by atoms with Gasteiger partial charge in [0.05, 0.1) is 7.11 Å². The maximum absolute atomic E-state index is 6.85. The van der Waals surface area contributed by atoms with Crippen molar-refractivity contribution in [3.8, 4) is 33.8 Å². The summed E-state index contributed by atoms with van der Waals surface area (Å²) in [4.78, 5) is 2.57. The van der Waals surface area contributed by atoms with E-state index < -0.39 is 16.5 Å². The fourth-order valence-corrected chi connectivity index (χ4v) is 18.2. The molecule has 4 nitrogen and oxygen atoms in total. The molecular weight excluding hydrogens is 617 g/mol. The van der Waals surface area contributed by atoms with Crippen molar-refractivity contribution in [2.45, 2.75) is 65.3 Å². The number of benzene rings is 4. The molecule has 0 amide bonds. The van der Waals surface area contributed by atoms with Gasteiger partial charge in [-0.2, -0.15) is 0 Å². The molecule has 0 aliphatic carbocycles. The molecule has 0 bridgehead atoms. The quantitative estimate of drug-likeness (QED) is 0.131. The molecule has 0 saturated carbocycles. The van der Waals surface area contributed by atoms with Crippen molar-refractivity contribution in [3.05, 3.63) is 101 Å². The lowest BCUT2D eigenvalue weighted by atomic mass is 9.91. The SMILES string of the molecule is COc1c(-c2ccc(N([Si](C)(C)C)[Si](C)(C)C)cc2)cc(OCc2ccccc2)c(-c2csc3ccccc23)c1CN1CCCC1. The summed E-state index contributed by atoms with van der Waals surface area (Å²) in [6, 6.07) is 30.7. The zero-order valence-electron chi connectivity index (χ0n) is 28.5. The molecule has 0 N–H and O–H groups in total. The van der Waals surface area contributed by atoms with Gasteiger partial charge >= 0.3 is 0 Å². The molecule has 0 unspecified atom stereocenters. The van der Waals surface area contributed by atoms with E-state index in [-0.39, 0.29) is 0 Å². The Kier molecular flexibility index (Phi) is 9.49. The van der Waals surface area contributed by atoms with E-state index in [1.807, 2.05) is 7.11 Å². The third kappa shape index (κ3) is 6.84. The highest BCUT2D eigenvalue weighted by molar-refractivity contribution is 7.17. The van der Waals surface area contributed by atoms with Crippen molar-refractivity contribution in [2.75, 3.05) is 24.4 Å². The maximum atomic E-state index is 6.85. The number of thiophene rings is 1. The highest BCUT2D eigenvalue weighted by atomic mass is 32.1. The van der Waals surface area contributed by atoms with Crippen LogP contribution >= 0.6 is 11.3 Å². The second kappa shape index (κ2) is 13.4. The number of methoxy groups -OCH3 is 1. The predicted molar refractivity (Wildman–Crippen MR) is 204 cm³/mol. The molecule has 240 valence electrons. The van der Waals surface area contributed by atoms with Crippen molar-refractivity contribution in [1.29, 1.82) is 0 Å². The van der Waals surface area contributed by atoms with Crippen molar-refractivity contribution in [1.82, 2.24) is 4.90 Å². The van der Waals surface area contributed by atoms with Crippen molar-refractivity contribution in [2.24, 2.45) is 0 Å². The number of likely N-dealkylation sites (tertiary alicyclic amines) is 1. The largest absolute Gasteiger partial charge is 0.496 e. The third-order valence-electron chi connectivity index (χ3n) is 8.89. The van der Waals surface area contributed by atoms with Gasteiger partial charge in [-0.25, -0.2) is 0 Å². The molecule has 1 aliphatic rings. The van der Waals surface area contributed by atoms with Gasteiger partial charge in [0.1, 0.15) is 34.6 Å². The highest BCUT2D eigenvalue weighted by Crippen LogP contribution is 2.49. The van der Waals surface area contributed by atoms with E-state index in [1.165, 1.54) is 39.7 Å². The summed E-state index contributed by atoms with van der Waals surface area (Å²) in [5, 5.41) is 3.56. The molecule has 0 atom stereocenters. The minimum atomic E-state index is -1.57. The topological polar surface area (TPSA) is 24.9 Å². The lowest BCUT2D eigenvalue weighted by molar-refractivity contribution is 0.301. The van der Waals surface area contributed by atoms with Crippen molar-refractivity contribution < 1.29 is 9.47 Å². The Balaban J connectivity index is 1.55. The number of hydrogen-bond donors (Lipinski definition) is 0. The minimum absolute atomic E-state index is 0.505. The number of fused-ring (bicyclic) bond motifs is 1. The molecule has 0 spiro atoms. The first-order chi connectivity index (χ1) is 22.0. The van der Waals surface area contributed by atoms with Gasteiger partial charge in [0, 0.05) is 44.6 Å². The van der Waals surface area contributed by atoms with Gasteiger partial charge in [0.15, 0.2) is 0 Å². The van der Waals surface area contributed by atoms with Gasteiger partial charge in [-0.05, 0) is 66.7 Å². The summed E-state index contributed by atoms with van der Waals surface area (Å²) in [5.74, 6) is 1.86. The predicted octanol–water partition coefficient (Wildman–Crippen LogP) is 10.9. The smallest absolute Gasteiger partial charge is 0.138 e. The number of rotatable bonds is 11. The van der Waals surface area contributed by atoms with Gasteiger partial charge in [-0.15, -0.1) is 11.3 Å². The Labute approximate surface area is 281 Å². The summed E-state index contributed by atoms with van der Waals surface area (Å²) in [6.45, 7) is 18.3. The number of hydrogen-bond acceptors (Lipinski definition) is 5. The molecule has 4 aromatic carbocycles. The van der Waals surface area contributed by atoms with Crippen LogP contribution in [-0.2, 0) is 13.2 Å². The van der Waals surface area contributed by atoms with E-state index in [0.29, 0.717) is 6.61 Å². The van der Waals surface area contributed by atoms with Gasteiger partial charge in [0.25, 0.3) is 0 Å². The summed E-state index contributed by atoms with van der Waals surface area (Å²) in [6.07, 6.45) is 2.48. The van der Waals surface area contributed by atoms with E-state index in [0.717, 1.165) is 53.4 Å². The molecule has 1 saturated heterocycles. The van der Waals surface area contributed by atoms with Crippen LogP contribution in [0.15, 0.2) is 90.3 Å². The maximum Gasteiger partial charge on any atom is 0.138 e. The average Bonchev–Trinajstić information content (AvgIpc) is 3.69. The fraction of sp³-hybridized carbons (Fsp3) is 0.333. The first-order valence-corrected chi connectivity index (χ1v) is 24.3.